The van der Waals surface area contributed by atoms with Gasteiger partial charge in [0.25, 0.3) is 5.91 Å². The van der Waals surface area contributed by atoms with Gasteiger partial charge in [-0.15, -0.1) is 0 Å². The van der Waals surface area contributed by atoms with Gasteiger partial charge in [-0.05, 0) is 68.8 Å². The van der Waals surface area contributed by atoms with Crippen molar-refractivity contribution in [3.63, 3.8) is 0 Å². The molecule has 2 amide bonds. The Morgan fingerprint density at radius 2 is 1.54 bits per heavy atom. The minimum absolute atomic E-state index is 0.0428. The van der Waals surface area contributed by atoms with E-state index in [1.54, 1.807) is 37.3 Å². The van der Waals surface area contributed by atoms with Crippen LogP contribution in [0, 0.1) is 6.92 Å². The van der Waals surface area contributed by atoms with Crippen LogP contribution >= 0.6 is 15.9 Å². The van der Waals surface area contributed by atoms with Gasteiger partial charge in [-0.25, -0.2) is 0 Å². The maximum atomic E-state index is 12.2. The summed E-state index contributed by atoms with van der Waals surface area (Å²) in [6, 6.07) is 12.0. The first-order valence-corrected chi connectivity index (χ1v) is 8.73. The molecule has 6 heteroatoms. The number of ketones is 1. The third kappa shape index (κ3) is 5.39. The van der Waals surface area contributed by atoms with E-state index in [2.05, 4.69) is 26.6 Å². The van der Waals surface area contributed by atoms with Crippen LogP contribution < -0.4 is 10.6 Å². The van der Waals surface area contributed by atoms with E-state index in [1.807, 2.05) is 19.1 Å². The smallest absolute Gasteiger partial charge is 0.251 e. The van der Waals surface area contributed by atoms with Crippen LogP contribution in [0.3, 0.4) is 0 Å². The maximum absolute atomic E-state index is 12.2. The van der Waals surface area contributed by atoms with Gasteiger partial charge in [0.05, 0.1) is 0 Å². The van der Waals surface area contributed by atoms with E-state index in [-0.39, 0.29) is 23.2 Å². The number of hydrogen-bond acceptors (Lipinski definition) is 3. The third-order valence-corrected chi connectivity index (χ3v) is 4.57. The van der Waals surface area contributed by atoms with Crippen molar-refractivity contribution in [2.24, 2.45) is 0 Å². The van der Waals surface area contributed by atoms with Crippen molar-refractivity contribution in [2.45, 2.75) is 20.8 Å². The first-order chi connectivity index (χ1) is 12.3. The summed E-state index contributed by atoms with van der Waals surface area (Å²) < 4.78 is 0.956. The van der Waals surface area contributed by atoms with E-state index in [1.165, 1.54) is 13.0 Å². The normalized spacial score (nSPS) is 11.0. The van der Waals surface area contributed by atoms with Crippen molar-refractivity contribution in [2.75, 3.05) is 10.6 Å². The predicted octanol–water partition coefficient (Wildman–Crippen LogP) is 4.48. The Bertz CT molecular complexity index is 886. The van der Waals surface area contributed by atoms with E-state index in [0.29, 0.717) is 16.9 Å². The summed E-state index contributed by atoms with van der Waals surface area (Å²) in [6.07, 6.45) is 1.25. The SMILES string of the molecule is CC(=O)c1ccc(NC(=O)/C(C)=C\C(=O)Nc2ccc(Br)c(C)c2)cc1. The molecule has 5 nitrogen and oxygen atoms in total. The van der Waals surface area contributed by atoms with Crippen LogP contribution in [0.5, 0.6) is 0 Å². The Hall–Kier alpha value is -2.73. The fraction of sp³-hybridized carbons (Fsp3) is 0.150. The van der Waals surface area contributed by atoms with Crippen LogP contribution in [-0.4, -0.2) is 17.6 Å². The number of hydrogen-bond donors (Lipinski definition) is 2. The number of nitrogens with one attached hydrogen (secondary N) is 2. The average Bonchev–Trinajstić information content (AvgIpc) is 2.58. The number of rotatable bonds is 5. The van der Waals surface area contributed by atoms with E-state index < -0.39 is 0 Å². The molecule has 0 unspecified atom stereocenters. The molecular formula is C20H19BrN2O3. The molecule has 0 radical (unpaired) electrons. The number of amides is 2. The summed E-state index contributed by atoms with van der Waals surface area (Å²) in [4.78, 5) is 35.5. The van der Waals surface area contributed by atoms with Gasteiger partial charge in [0, 0.05) is 33.1 Å². The van der Waals surface area contributed by atoms with Crippen LogP contribution in [0.1, 0.15) is 29.8 Å². The van der Waals surface area contributed by atoms with Crippen molar-refractivity contribution in [1.82, 2.24) is 0 Å². The van der Waals surface area contributed by atoms with Gasteiger partial charge in [-0.3, -0.25) is 14.4 Å². The first kappa shape index (κ1) is 19.6. The molecule has 0 saturated carbocycles. The first-order valence-electron chi connectivity index (χ1n) is 7.94. The molecule has 2 aromatic rings. The zero-order valence-corrected chi connectivity index (χ0v) is 16.3. The Balaban J connectivity index is 2.00. The molecule has 0 aromatic heterocycles. The second kappa shape index (κ2) is 8.58. The number of carbonyl (C=O) groups is 3. The fourth-order valence-corrected chi connectivity index (χ4v) is 2.43. The summed E-state index contributed by atoms with van der Waals surface area (Å²) in [5.41, 5.74) is 3.04. The molecule has 26 heavy (non-hydrogen) atoms. The fourth-order valence-electron chi connectivity index (χ4n) is 2.18. The van der Waals surface area contributed by atoms with Gasteiger partial charge in [-0.2, -0.15) is 0 Å². The topological polar surface area (TPSA) is 75.3 Å². The van der Waals surface area contributed by atoms with E-state index in [4.69, 9.17) is 0 Å². The predicted molar refractivity (Wildman–Crippen MR) is 106 cm³/mol. The number of halogens is 1. The number of carbonyl (C=O) groups excluding carboxylic acids is 3. The van der Waals surface area contributed by atoms with Gasteiger partial charge in [0.15, 0.2) is 5.78 Å². The molecule has 2 N–H and O–H groups in total. The van der Waals surface area contributed by atoms with Crippen molar-refractivity contribution < 1.29 is 14.4 Å². The Morgan fingerprint density at radius 1 is 0.923 bits per heavy atom. The summed E-state index contributed by atoms with van der Waals surface area (Å²) in [5, 5.41) is 5.41. The van der Waals surface area contributed by atoms with Gasteiger partial charge in [0.2, 0.25) is 5.91 Å². The van der Waals surface area contributed by atoms with Crippen LogP contribution in [0.15, 0.2) is 58.6 Å². The highest BCUT2D eigenvalue weighted by molar-refractivity contribution is 9.10. The molecule has 0 spiro atoms. The second-order valence-electron chi connectivity index (χ2n) is 5.87. The molecule has 0 aliphatic heterocycles. The summed E-state index contributed by atoms with van der Waals surface area (Å²) >= 11 is 3.40. The zero-order chi connectivity index (χ0) is 19.3. The van der Waals surface area contributed by atoms with Crippen LogP contribution in [-0.2, 0) is 9.59 Å². The lowest BCUT2D eigenvalue weighted by Crippen LogP contribution is -2.16. The van der Waals surface area contributed by atoms with Crippen LogP contribution in [0.4, 0.5) is 11.4 Å². The monoisotopic (exact) mass is 414 g/mol. The van der Waals surface area contributed by atoms with Crippen molar-refractivity contribution in [1.29, 1.82) is 0 Å². The minimum atomic E-state index is -0.386. The third-order valence-electron chi connectivity index (χ3n) is 3.68. The van der Waals surface area contributed by atoms with E-state index >= 15 is 0 Å². The molecule has 2 aromatic carbocycles. The summed E-state index contributed by atoms with van der Waals surface area (Å²) in [7, 11) is 0. The number of aryl methyl sites for hydroxylation is 1. The quantitative estimate of drug-likeness (QED) is 0.559. The molecule has 2 rings (SSSR count). The molecule has 0 atom stereocenters. The lowest BCUT2D eigenvalue weighted by atomic mass is 10.1. The highest BCUT2D eigenvalue weighted by Gasteiger charge is 2.09. The number of benzene rings is 2. The number of Topliss-reactive ketones (excluding diaryl/α,β-unsaturated/α-hetero) is 1. The van der Waals surface area contributed by atoms with Gasteiger partial charge >= 0.3 is 0 Å². The van der Waals surface area contributed by atoms with Gasteiger partial charge in [-0.1, -0.05) is 15.9 Å². The lowest BCUT2D eigenvalue weighted by Gasteiger charge is -2.07. The summed E-state index contributed by atoms with van der Waals surface area (Å²) in [5.74, 6) is -0.812. The Kier molecular flexibility index (Phi) is 6.46. The van der Waals surface area contributed by atoms with E-state index in [9.17, 15) is 14.4 Å². The molecular weight excluding hydrogens is 396 g/mol. The molecule has 0 fully saturated rings. The zero-order valence-electron chi connectivity index (χ0n) is 14.7. The molecule has 0 heterocycles. The molecule has 0 saturated heterocycles. The Morgan fingerprint density at radius 3 is 2.12 bits per heavy atom. The van der Waals surface area contributed by atoms with E-state index in [0.717, 1.165) is 10.0 Å². The largest absolute Gasteiger partial charge is 0.322 e. The molecule has 0 aliphatic carbocycles. The lowest BCUT2D eigenvalue weighted by molar-refractivity contribution is -0.114. The highest BCUT2D eigenvalue weighted by Crippen LogP contribution is 2.20. The standard InChI is InChI=1S/C20H19BrN2O3/c1-12-10-17(8-9-18(12)21)22-19(25)11-13(2)20(26)23-16-6-4-15(5-7-16)14(3)24/h4-11H,1-3H3,(H,22,25)(H,23,26)/b13-11-. The molecule has 134 valence electrons. The van der Waals surface area contributed by atoms with Crippen LogP contribution in [0.25, 0.3) is 0 Å². The molecule has 0 aliphatic rings. The maximum Gasteiger partial charge on any atom is 0.251 e. The van der Waals surface area contributed by atoms with Crippen molar-refractivity contribution in [3.05, 3.63) is 69.7 Å². The average molecular weight is 415 g/mol. The highest BCUT2D eigenvalue weighted by atomic mass is 79.9. The minimum Gasteiger partial charge on any atom is -0.322 e. The number of anilines is 2. The second-order valence-corrected chi connectivity index (χ2v) is 6.72. The van der Waals surface area contributed by atoms with Crippen molar-refractivity contribution >= 4 is 44.9 Å². The molecule has 0 bridgehead atoms. The van der Waals surface area contributed by atoms with Gasteiger partial charge < -0.3 is 10.6 Å². The van der Waals surface area contributed by atoms with Gasteiger partial charge in [0.1, 0.15) is 0 Å². The Labute approximate surface area is 160 Å². The summed E-state index contributed by atoms with van der Waals surface area (Å²) in [6.45, 7) is 4.96. The van der Waals surface area contributed by atoms with Crippen LogP contribution in [0.2, 0.25) is 0 Å². The van der Waals surface area contributed by atoms with Crippen molar-refractivity contribution in [3.8, 4) is 0 Å².